The Labute approximate surface area is 148 Å². The average Bonchev–Trinajstić information content (AvgIpc) is 3.06. The second kappa shape index (κ2) is 7.51. The fourth-order valence-corrected chi connectivity index (χ4v) is 3.13. The van der Waals surface area contributed by atoms with Crippen molar-refractivity contribution < 1.29 is 28.2 Å². The monoisotopic (exact) mass is 361 g/mol. The molecule has 0 saturated carbocycles. The molecule has 3 rings (SSSR count). The van der Waals surface area contributed by atoms with Crippen LogP contribution in [0.1, 0.15) is 17.0 Å². The normalized spacial score (nSPS) is 19.4. The highest BCUT2D eigenvalue weighted by Gasteiger charge is 2.42. The molecule has 0 aromatic heterocycles. The van der Waals surface area contributed by atoms with E-state index >= 15 is 0 Å². The Morgan fingerprint density at radius 3 is 2.50 bits per heavy atom. The minimum atomic E-state index is -1.14. The quantitative estimate of drug-likeness (QED) is 0.906. The molecule has 0 radical (unpaired) electrons. The van der Waals surface area contributed by atoms with Gasteiger partial charge in [0, 0.05) is 25.1 Å². The summed E-state index contributed by atoms with van der Waals surface area (Å²) in [6, 6.07) is 12.1. The van der Waals surface area contributed by atoms with Gasteiger partial charge in [-0.25, -0.2) is 13.6 Å². The predicted molar refractivity (Wildman–Crippen MR) is 88.4 cm³/mol. The van der Waals surface area contributed by atoms with Crippen molar-refractivity contribution in [3.05, 3.63) is 71.3 Å². The summed E-state index contributed by atoms with van der Waals surface area (Å²) in [4.78, 5) is 25.0. The van der Waals surface area contributed by atoms with E-state index in [1.807, 2.05) is 18.2 Å². The number of likely N-dealkylation sites (tertiary alicyclic amines) is 1. The summed E-state index contributed by atoms with van der Waals surface area (Å²) in [6.07, 6.45) is -0.662. The number of hydrogen-bond donors (Lipinski definition) is 1. The molecular weight excluding hydrogens is 344 g/mol. The summed E-state index contributed by atoms with van der Waals surface area (Å²) in [5.74, 6) is -4.45. The van der Waals surface area contributed by atoms with Crippen molar-refractivity contribution in [1.29, 1.82) is 0 Å². The summed E-state index contributed by atoms with van der Waals surface area (Å²) in [5, 5.41) is 9.42. The summed E-state index contributed by atoms with van der Waals surface area (Å²) in [7, 11) is 0. The number of halogens is 2. The molecule has 1 heterocycles. The Balaban J connectivity index is 1.72. The van der Waals surface area contributed by atoms with Crippen molar-refractivity contribution in [2.45, 2.75) is 12.5 Å². The lowest BCUT2D eigenvalue weighted by molar-refractivity contribution is -0.141. The van der Waals surface area contributed by atoms with Gasteiger partial charge in [0.15, 0.2) is 0 Å². The molecule has 7 heteroatoms. The average molecular weight is 361 g/mol. The molecule has 0 bridgehead atoms. The Bertz CT molecular complexity index is 812. The van der Waals surface area contributed by atoms with Gasteiger partial charge < -0.3 is 14.7 Å². The van der Waals surface area contributed by atoms with Crippen molar-refractivity contribution >= 4 is 12.1 Å². The van der Waals surface area contributed by atoms with Gasteiger partial charge in [-0.1, -0.05) is 36.4 Å². The van der Waals surface area contributed by atoms with Crippen LogP contribution < -0.4 is 0 Å². The first-order chi connectivity index (χ1) is 12.5. The molecule has 0 spiro atoms. The molecule has 2 aromatic rings. The Hall–Kier alpha value is -2.96. The Morgan fingerprint density at radius 2 is 1.85 bits per heavy atom. The number of hydrogen-bond acceptors (Lipinski definition) is 3. The maximum Gasteiger partial charge on any atom is 0.410 e. The van der Waals surface area contributed by atoms with E-state index in [0.29, 0.717) is 6.07 Å². The molecule has 1 saturated heterocycles. The fourth-order valence-electron chi connectivity index (χ4n) is 3.13. The number of nitrogens with zero attached hydrogens (tertiary/aromatic N) is 1. The lowest BCUT2D eigenvalue weighted by atomic mass is 9.88. The fraction of sp³-hybridized carbons (Fsp3) is 0.263. The van der Waals surface area contributed by atoms with Crippen LogP contribution in [0.15, 0.2) is 48.5 Å². The van der Waals surface area contributed by atoms with Crippen LogP contribution in [-0.2, 0) is 16.1 Å². The predicted octanol–water partition coefficient (Wildman–Crippen LogP) is 3.40. The molecule has 1 aliphatic heterocycles. The summed E-state index contributed by atoms with van der Waals surface area (Å²) in [5.41, 5.74) is 0.883. The highest BCUT2D eigenvalue weighted by Crippen LogP contribution is 2.35. The van der Waals surface area contributed by atoms with E-state index in [1.54, 1.807) is 12.1 Å². The number of carboxylic acid groups (broad SMARTS) is 1. The third-order valence-electron chi connectivity index (χ3n) is 4.46. The maximum atomic E-state index is 14.1. The Morgan fingerprint density at radius 1 is 1.12 bits per heavy atom. The topological polar surface area (TPSA) is 66.8 Å². The molecule has 2 atom stereocenters. The third kappa shape index (κ3) is 3.82. The van der Waals surface area contributed by atoms with Gasteiger partial charge in [-0.2, -0.15) is 0 Å². The van der Waals surface area contributed by atoms with Crippen LogP contribution in [0.25, 0.3) is 0 Å². The van der Waals surface area contributed by atoms with Crippen molar-refractivity contribution in [3.63, 3.8) is 0 Å². The number of ether oxygens (including phenoxy) is 1. The molecule has 1 aliphatic rings. The minimum Gasteiger partial charge on any atom is -0.481 e. The highest BCUT2D eigenvalue weighted by molar-refractivity contribution is 5.75. The van der Waals surface area contributed by atoms with Crippen LogP contribution in [0.2, 0.25) is 0 Å². The summed E-state index contributed by atoms with van der Waals surface area (Å²) in [6.45, 7) is -0.0406. The first-order valence-corrected chi connectivity index (χ1v) is 8.09. The van der Waals surface area contributed by atoms with Gasteiger partial charge in [0.25, 0.3) is 0 Å². The molecule has 136 valence electrons. The number of benzene rings is 2. The number of rotatable bonds is 4. The van der Waals surface area contributed by atoms with Crippen LogP contribution in [0.5, 0.6) is 0 Å². The minimum absolute atomic E-state index is 0.00680. The second-order valence-electron chi connectivity index (χ2n) is 6.16. The van der Waals surface area contributed by atoms with Gasteiger partial charge in [0.1, 0.15) is 18.2 Å². The lowest BCUT2D eigenvalue weighted by Crippen LogP contribution is -2.30. The van der Waals surface area contributed by atoms with Crippen LogP contribution in [0.4, 0.5) is 13.6 Å². The summed E-state index contributed by atoms with van der Waals surface area (Å²) < 4.78 is 32.4. The van der Waals surface area contributed by atoms with E-state index in [0.717, 1.165) is 11.6 Å². The summed E-state index contributed by atoms with van der Waals surface area (Å²) >= 11 is 0. The number of carboxylic acids is 1. The molecule has 1 amide bonds. The zero-order valence-corrected chi connectivity index (χ0v) is 13.8. The van der Waals surface area contributed by atoms with Crippen molar-refractivity contribution in [2.24, 2.45) is 5.92 Å². The number of aliphatic carboxylic acids is 1. The SMILES string of the molecule is O=C(O)C1CN(C(=O)OCc2ccccc2)CC1c1ccc(F)cc1F. The van der Waals surface area contributed by atoms with E-state index in [9.17, 15) is 23.5 Å². The molecule has 0 aliphatic carbocycles. The van der Waals surface area contributed by atoms with Crippen molar-refractivity contribution in [3.8, 4) is 0 Å². The molecule has 5 nitrogen and oxygen atoms in total. The first-order valence-electron chi connectivity index (χ1n) is 8.09. The van der Waals surface area contributed by atoms with Crippen LogP contribution >= 0.6 is 0 Å². The van der Waals surface area contributed by atoms with E-state index in [2.05, 4.69) is 0 Å². The zero-order valence-electron chi connectivity index (χ0n) is 13.8. The Kier molecular flexibility index (Phi) is 5.16. The standard InChI is InChI=1S/C19H17F2NO4/c20-13-6-7-14(17(21)8-13)15-9-22(10-16(15)18(23)24)19(25)26-11-12-4-2-1-3-5-12/h1-8,15-16H,9-11H2,(H,23,24). The van der Waals surface area contributed by atoms with Crippen molar-refractivity contribution in [1.82, 2.24) is 4.90 Å². The largest absolute Gasteiger partial charge is 0.481 e. The first kappa shape index (κ1) is 17.8. The number of carbonyl (C=O) groups excluding carboxylic acids is 1. The highest BCUT2D eigenvalue weighted by atomic mass is 19.1. The van der Waals surface area contributed by atoms with E-state index in [1.165, 1.54) is 11.0 Å². The molecular formula is C19H17F2NO4. The van der Waals surface area contributed by atoms with Crippen LogP contribution in [0, 0.1) is 17.6 Å². The molecule has 2 unspecified atom stereocenters. The van der Waals surface area contributed by atoms with Gasteiger partial charge in [0.05, 0.1) is 5.92 Å². The molecule has 1 N–H and O–H groups in total. The van der Waals surface area contributed by atoms with E-state index < -0.39 is 35.5 Å². The molecule has 2 aromatic carbocycles. The van der Waals surface area contributed by atoms with E-state index in [-0.39, 0.29) is 25.3 Å². The molecule has 26 heavy (non-hydrogen) atoms. The van der Waals surface area contributed by atoms with Gasteiger partial charge in [-0.15, -0.1) is 0 Å². The number of amides is 1. The van der Waals surface area contributed by atoms with E-state index in [4.69, 9.17) is 4.74 Å². The smallest absolute Gasteiger partial charge is 0.410 e. The van der Waals surface area contributed by atoms with Crippen LogP contribution in [0.3, 0.4) is 0 Å². The number of carbonyl (C=O) groups is 2. The lowest BCUT2D eigenvalue weighted by Gasteiger charge is -2.17. The zero-order chi connectivity index (χ0) is 18.7. The van der Waals surface area contributed by atoms with Crippen molar-refractivity contribution in [2.75, 3.05) is 13.1 Å². The van der Waals surface area contributed by atoms with Gasteiger partial charge in [-0.3, -0.25) is 4.79 Å². The van der Waals surface area contributed by atoms with Gasteiger partial charge in [-0.05, 0) is 17.2 Å². The maximum absolute atomic E-state index is 14.1. The van der Waals surface area contributed by atoms with Crippen LogP contribution in [-0.4, -0.2) is 35.2 Å². The molecule has 1 fully saturated rings. The second-order valence-corrected chi connectivity index (χ2v) is 6.16. The van der Waals surface area contributed by atoms with Gasteiger partial charge >= 0.3 is 12.1 Å². The third-order valence-corrected chi connectivity index (χ3v) is 4.46. The van der Waals surface area contributed by atoms with Gasteiger partial charge in [0.2, 0.25) is 0 Å².